The van der Waals surface area contributed by atoms with Crippen LogP contribution in [-0.4, -0.2) is 18.1 Å². The zero-order valence-electron chi connectivity index (χ0n) is 8.41. The lowest BCUT2D eigenvalue weighted by molar-refractivity contribution is -0.139. The van der Waals surface area contributed by atoms with Crippen molar-refractivity contribution in [3.63, 3.8) is 0 Å². The van der Waals surface area contributed by atoms with Crippen molar-refractivity contribution in [3.05, 3.63) is 29.1 Å². The summed E-state index contributed by atoms with van der Waals surface area (Å²) in [6.45, 7) is 0. The molecule has 0 saturated carbocycles. The number of hydrogen-bond acceptors (Lipinski definition) is 4. The number of carbonyl (C=O) groups is 1. The fourth-order valence-electron chi connectivity index (χ4n) is 1.10. The maximum absolute atomic E-state index is 12.5. The Balaban J connectivity index is 3.03. The van der Waals surface area contributed by atoms with Gasteiger partial charge in [-0.3, -0.25) is 4.79 Å². The van der Waals surface area contributed by atoms with Gasteiger partial charge in [0.05, 0.1) is 24.8 Å². The molecule has 0 radical (unpaired) electrons. The molecule has 0 aliphatic heterocycles. The molecule has 0 saturated heterocycles. The van der Waals surface area contributed by atoms with Gasteiger partial charge in [0.1, 0.15) is 11.8 Å². The Morgan fingerprint density at radius 1 is 1.62 bits per heavy atom. The van der Waals surface area contributed by atoms with Crippen LogP contribution in [0.5, 0.6) is 0 Å². The van der Waals surface area contributed by atoms with Crippen LogP contribution in [0.15, 0.2) is 12.1 Å². The van der Waals surface area contributed by atoms with Crippen molar-refractivity contribution in [2.24, 2.45) is 0 Å². The number of esters is 1. The quantitative estimate of drug-likeness (QED) is 0.734. The third kappa shape index (κ3) is 2.73. The van der Waals surface area contributed by atoms with Gasteiger partial charge in [0.2, 0.25) is 0 Å². The Morgan fingerprint density at radius 2 is 2.31 bits per heavy atom. The average molecular weight is 226 g/mol. The minimum Gasteiger partial charge on any atom is -0.469 e. The third-order valence-corrected chi connectivity index (χ3v) is 1.86. The summed E-state index contributed by atoms with van der Waals surface area (Å²) >= 11 is 0. The summed E-state index contributed by atoms with van der Waals surface area (Å²) in [4.78, 5) is 14.5. The largest absolute Gasteiger partial charge is 0.469 e. The number of ether oxygens (including phenoxy) is 1. The zero-order chi connectivity index (χ0) is 12.1. The van der Waals surface area contributed by atoms with E-state index in [1.54, 1.807) is 6.07 Å². The number of pyridine rings is 1. The van der Waals surface area contributed by atoms with Crippen LogP contribution in [0.1, 0.15) is 23.4 Å². The molecular weight excluding hydrogens is 218 g/mol. The Labute approximate surface area is 90.5 Å². The van der Waals surface area contributed by atoms with Gasteiger partial charge in [-0.25, -0.2) is 13.8 Å². The van der Waals surface area contributed by atoms with Gasteiger partial charge in [0.25, 0.3) is 6.43 Å². The minimum absolute atomic E-state index is 0.154. The molecule has 0 N–H and O–H groups in total. The van der Waals surface area contributed by atoms with Crippen molar-refractivity contribution in [2.75, 3.05) is 7.11 Å². The molecule has 1 aromatic heterocycles. The molecular formula is C10H8F2N2O2. The van der Waals surface area contributed by atoms with E-state index in [0.717, 1.165) is 0 Å². The van der Waals surface area contributed by atoms with E-state index in [-0.39, 0.29) is 17.7 Å². The molecule has 0 unspecified atom stereocenters. The van der Waals surface area contributed by atoms with Gasteiger partial charge in [-0.15, -0.1) is 0 Å². The van der Waals surface area contributed by atoms with E-state index in [4.69, 9.17) is 5.26 Å². The summed E-state index contributed by atoms with van der Waals surface area (Å²) in [6.07, 6.45) is -3.03. The SMILES string of the molecule is COC(=O)Cc1ccc(C#N)c(C(F)F)n1. The van der Waals surface area contributed by atoms with Crippen molar-refractivity contribution in [1.29, 1.82) is 5.26 Å². The lowest BCUT2D eigenvalue weighted by Crippen LogP contribution is -2.08. The highest BCUT2D eigenvalue weighted by Crippen LogP contribution is 2.20. The lowest BCUT2D eigenvalue weighted by Gasteiger charge is -2.04. The van der Waals surface area contributed by atoms with Crippen molar-refractivity contribution in [3.8, 4) is 6.07 Å². The molecule has 0 atom stereocenters. The molecule has 0 spiro atoms. The van der Waals surface area contributed by atoms with Crippen LogP contribution in [0, 0.1) is 11.3 Å². The van der Waals surface area contributed by atoms with Gasteiger partial charge in [-0.2, -0.15) is 5.26 Å². The summed E-state index contributed by atoms with van der Waals surface area (Å²) in [5.74, 6) is -0.572. The second kappa shape index (κ2) is 5.16. The first-order valence-corrected chi connectivity index (χ1v) is 4.33. The van der Waals surface area contributed by atoms with Gasteiger partial charge in [-0.1, -0.05) is 0 Å². The van der Waals surface area contributed by atoms with E-state index >= 15 is 0 Å². The highest BCUT2D eigenvalue weighted by molar-refractivity contribution is 5.71. The minimum atomic E-state index is -2.84. The van der Waals surface area contributed by atoms with Gasteiger partial charge in [-0.05, 0) is 12.1 Å². The van der Waals surface area contributed by atoms with Crippen LogP contribution >= 0.6 is 0 Å². The number of aromatic nitrogens is 1. The molecule has 1 heterocycles. The van der Waals surface area contributed by atoms with E-state index in [1.165, 1.54) is 19.2 Å². The lowest BCUT2D eigenvalue weighted by atomic mass is 10.1. The summed E-state index contributed by atoms with van der Waals surface area (Å²) < 4.78 is 29.3. The first kappa shape index (κ1) is 12.0. The smallest absolute Gasteiger partial charge is 0.311 e. The van der Waals surface area contributed by atoms with Gasteiger partial charge < -0.3 is 4.74 Å². The van der Waals surface area contributed by atoms with Gasteiger partial charge in [0, 0.05) is 0 Å². The van der Waals surface area contributed by atoms with E-state index in [9.17, 15) is 13.6 Å². The molecule has 84 valence electrons. The number of nitrogens with zero attached hydrogens (tertiary/aromatic N) is 2. The molecule has 0 aliphatic carbocycles. The van der Waals surface area contributed by atoms with Crippen LogP contribution < -0.4 is 0 Å². The third-order valence-electron chi connectivity index (χ3n) is 1.86. The summed E-state index contributed by atoms with van der Waals surface area (Å²) in [5.41, 5.74) is -0.645. The number of nitriles is 1. The van der Waals surface area contributed by atoms with Crippen LogP contribution in [0.2, 0.25) is 0 Å². The second-order valence-electron chi connectivity index (χ2n) is 2.90. The zero-order valence-corrected chi connectivity index (χ0v) is 8.41. The molecule has 0 fully saturated rings. The van der Waals surface area contributed by atoms with Gasteiger partial charge >= 0.3 is 5.97 Å². The number of hydrogen-bond donors (Lipinski definition) is 0. The number of alkyl halides is 2. The topological polar surface area (TPSA) is 63.0 Å². The van der Waals surface area contributed by atoms with E-state index in [2.05, 4.69) is 9.72 Å². The summed E-state index contributed by atoms with van der Waals surface area (Å²) in [5, 5.41) is 8.57. The number of halogens is 2. The Bertz CT molecular complexity index is 441. The number of rotatable bonds is 3. The number of methoxy groups -OCH3 is 1. The monoisotopic (exact) mass is 226 g/mol. The maximum Gasteiger partial charge on any atom is 0.311 e. The molecule has 6 heteroatoms. The number of carbonyl (C=O) groups excluding carboxylic acids is 1. The predicted molar refractivity (Wildman–Crippen MR) is 49.6 cm³/mol. The van der Waals surface area contributed by atoms with Crippen LogP contribution in [0.25, 0.3) is 0 Å². The summed E-state index contributed by atoms with van der Waals surface area (Å²) in [7, 11) is 1.19. The fraction of sp³-hybridized carbons (Fsp3) is 0.300. The molecule has 0 bridgehead atoms. The average Bonchev–Trinajstić information content (AvgIpc) is 2.28. The first-order chi connectivity index (χ1) is 7.58. The fourth-order valence-corrected chi connectivity index (χ4v) is 1.10. The predicted octanol–water partition coefficient (Wildman–Crippen LogP) is 1.61. The van der Waals surface area contributed by atoms with E-state index in [0.29, 0.717) is 0 Å². The van der Waals surface area contributed by atoms with Gasteiger partial charge in [0.15, 0.2) is 0 Å². The second-order valence-corrected chi connectivity index (χ2v) is 2.90. The van der Waals surface area contributed by atoms with Crippen molar-refractivity contribution >= 4 is 5.97 Å². The highest BCUT2D eigenvalue weighted by Gasteiger charge is 2.16. The molecule has 0 amide bonds. The molecule has 0 aliphatic rings. The van der Waals surface area contributed by atoms with Crippen LogP contribution in [0.3, 0.4) is 0 Å². The van der Waals surface area contributed by atoms with Crippen molar-refractivity contribution in [2.45, 2.75) is 12.8 Å². The van der Waals surface area contributed by atoms with Crippen molar-refractivity contribution in [1.82, 2.24) is 4.98 Å². The molecule has 1 rings (SSSR count). The van der Waals surface area contributed by atoms with Crippen molar-refractivity contribution < 1.29 is 18.3 Å². The van der Waals surface area contributed by atoms with E-state index < -0.39 is 18.1 Å². The first-order valence-electron chi connectivity index (χ1n) is 4.33. The van der Waals surface area contributed by atoms with Crippen LogP contribution in [0.4, 0.5) is 8.78 Å². The Kier molecular flexibility index (Phi) is 3.89. The molecule has 4 nitrogen and oxygen atoms in total. The van der Waals surface area contributed by atoms with E-state index in [1.807, 2.05) is 0 Å². The normalized spacial score (nSPS) is 9.94. The molecule has 1 aromatic rings. The van der Waals surface area contributed by atoms with Crippen LogP contribution in [-0.2, 0) is 16.0 Å². The Morgan fingerprint density at radius 3 is 2.81 bits per heavy atom. The highest BCUT2D eigenvalue weighted by atomic mass is 19.3. The standard InChI is InChI=1S/C10H8F2N2O2/c1-16-8(15)4-7-3-2-6(5-13)9(14-7)10(11)12/h2-3,10H,4H2,1H3. The molecule has 16 heavy (non-hydrogen) atoms. The summed E-state index contributed by atoms with van der Waals surface area (Å²) in [6, 6.07) is 4.18. The maximum atomic E-state index is 12.5. The Hall–Kier alpha value is -2.03. The molecule has 0 aromatic carbocycles.